The number of imidazole rings is 2. The number of benzene rings is 4. The van der Waals surface area contributed by atoms with Gasteiger partial charge >= 0.3 is 5.97 Å². The van der Waals surface area contributed by atoms with Crippen LogP contribution in [-0.2, 0) is 20.3 Å². The van der Waals surface area contributed by atoms with Gasteiger partial charge in [0.05, 0.1) is 77.5 Å². The number of halogens is 1. The Morgan fingerprint density at radius 3 is 1.45 bits per heavy atom. The van der Waals surface area contributed by atoms with Gasteiger partial charge in [0.25, 0.3) is 5.91 Å². The summed E-state index contributed by atoms with van der Waals surface area (Å²) in [6.45, 7) is 18.7. The Hall–Kier alpha value is -6.61. The molecule has 2 aromatic heterocycles. The quantitative estimate of drug-likeness (QED) is 0.114. The number of nitrogens with one attached hydrogen (secondary N) is 3. The number of hydrogen-bond acceptors (Lipinski definition) is 9. The van der Waals surface area contributed by atoms with Gasteiger partial charge in [-0.15, -0.1) is 12.4 Å². The van der Waals surface area contributed by atoms with Crippen molar-refractivity contribution in [3.8, 4) is 34.7 Å². The largest absolute Gasteiger partial charge is 0.478 e. The van der Waals surface area contributed by atoms with Crippen LogP contribution >= 0.6 is 12.4 Å². The number of aromatic nitrogens is 4. The van der Waals surface area contributed by atoms with Crippen molar-refractivity contribution in [3.63, 3.8) is 0 Å². The first kappa shape index (κ1) is 53.7. The lowest BCUT2D eigenvalue weighted by molar-refractivity contribution is -0.0539. The highest BCUT2D eigenvalue weighted by Gasteiger charge is 2.40. The van der Waals surface area contributed by atoms with Crippen molar-refractivity contribution < 1.29 is 24.2 Å². The van der Waals surface area contributed by atoms with Gasteiger partial charge in [-0.2, -0.15) is 10.5 Å². The minimum absolute atomic E-state index is 0. The number of carbonyl (C=O) groups excluding carboxylic acids is 1. The van der Waals surface area contributed by atoms with Crippen molar-refractivity contribution in [2.24, 2.45) is 0 Å². The molecule has 4 aliphatic heterocycles. The zero-order valence-electron chi connectivity index (χ0n) is 40.9. The standard InChI is InChI=1S/C28H30N4O2.C16H18N2O3.C12H14N2.CH4.ClH/c1-18-4-7-23(14-24(18)25-19(2)30-27(31-25)28(3)16-34-17-28)26(33)32-12-10-22(11-13-32)21-8-5-20(15-29)6-9-21;1-9-4-5-11(14(19)20)6-12(9)13-10(2)17-15(18-13)16(3)7-21-8-16;13-9-10-1-3-11(4-2-10)12-5-7-14-8-6-12;;/h4-9,14,22H,10-13,16-17H2,1-3H3,(H,30,31);4-6H,7-8H2,1-3H3,(H,17,18)(H,19,20);1-4,12,14H,5-8H2;1H4;1H. The normalized spacial score (nSPS) is 16.9. The van der Waals surface area contributed by atoms with Gasteiger partial charge in [-0.1, -0.05) is 43.8 Å². The molecular formula is C57H67ClN8O5. The van der Waals surface area contributed by atoms with Crippen LogP contribution in [0.25, 0.3) is 22.5 Å². The molecule has 4 saturated heterocycles. The number of hydrogen-bond donors (Lipinski definition) is 4. The predicted octanol–water partition coefficient (Wildman–Crippen LogP) is 10.6. The number of nitrogens with zero attached hydrogens (tertiary/aromatic N) is 5. The molecule has 0 unspecified atom stereocenters. The summed E-state index contributed by atoms with van der Waals surface area (Å²) in [5, 5.41) is 30.2. The Morgan fingerprint density at radius 1 is 0.648 bits per heavy atom. The number of aromatic carboxylic acids is 1. The Balaban J connectivity index is 0.000000190. The third-order valence-corrected chi connectivity index (χ3v) is 14.2. The second-order valence-corrected chi connectivity index (χ2v) is 19.6. The molecule has 6 aromatic rings. The van der Waals surface area contributed by atoms with E-state index in [4.69, 9.17) is 35.1 Å². The summed E-state index contributed by atoms with van der Waals surface area (Å²) in [5.74, 6) is 2.11. The summed E-state index contributed by atoms with van der Waals surface area (Å²) in [7, 11) is 0. The topological polar surface area (TPSA) is 193 Å². The van der Waals surface area contributed by atoms with Gasteiger partial charge in [-0.3, -0.25) is 4.79 Å². The molecular weight excluding hydrogens is 912 g/mol. The van der Waals surface area contributed by atoms with Crippen LogP contribution in [0.15, 0.2) is 84.9 Å². The monoisotopic (exact) mass is 978 g/mol. The molecule has 0 saturated carbocycles. The van der Waals surface area contributed by atoms with E-state index in [9.17, 15) is 9.59 Å². The minimum Gasteiger partial charge on any atom is -0.478 e. The molecule has 0 atom stereocenters. The number of rotatable bonds is 8. The Kier molecular flexibility index (Phi) is 17.5. The van der Waals surface area contributed by atoms with Crippen molar-refractivity contribution in [1.82, 2.24) is 30.2 Å². The summed E-state index contributed by atoms with van der Waals surface area (Å²) in [4.78, 5) is 42.9. The van der Waals surface area contributed by atoms with Crippen molar-refractivity contribution >= 4 is 24.3 Å². The van der Waals surface area contributed by atoms with E-state index in [1.807, 2.05) is 86.3 Å². The maximum Gasteiger partial charge on any atom is 0.335 e. The van der Waals surface area contributed by atoms with Crippen LogP contribution in [0.1, 0.15) is 136 Å². The minimum atomic E-state index is -0.927. The summed E-state index contributed by atoms with van der Waals surface area (Å²) < 4.78 is 10.7. The van der Waals surface area contributed by atoms with E-state index in [2.05, 4.69) is 60.3 Å². The number of carbonyl (C=O) groups is 2. The number of carboxylic acid groups (broad SMARTS) is 1. The average Bonchev–Trinajstić information content (AvgIpc) is 3.95. The second kappa shape index (κ2) is 23.1. The van der Waals surface area contributed by atoms with E-state index in [1.165, 1.54) is 24.0 Å². The van der Waals surface area contributed by atoms with E-state index < -0.39 is 5.97 Å². The lowest BCUT2D eigenvalue weighted by Gasteiger charge is -2.36. The average molecular weight is 980 g/mol. The SMILES string of the molecule is C.Cc1ccc(C(=O)N2CCC(c3ccc(C#N)cc3)CC2)cc1-c1nc(C2(C)COC2)[nH]c1C.Cc1ccc(C(=O)O)cc1-c1nc(C2(C)COC2)[nH]c1C.Cl.N#Cc1ccc(C2CCNCC2)cc1. The Morgan fingerprint density at radius 2 is 1.06 bits per heavy atom. The lowest BCUT2D eigenvalue weighted by atomic mass is 9.88. The molecule has 4 aliphatic rings. The summed E-state index contributed by atoms with van der Waals surface area (Å²) in [6, 6.07) is 31.2. The predicted molar refractivity (Wildman–Crippen MR) is 279 cm³/mol. The third kappa shape index (κ3) is 12.0. The van der Waals surface area contributed by atoms with Gasteiger partial charge < -0.3 is 34.8 Å². The fourth-order valence-electron chi connectivity index (χ4n) is 9.54. The number of amides is 1. The van der Waals surface area contributed by atoms with E-state index in [0.29, 0.717) is 49.4 Å². The summed E-state index contributed by atoms with van der Waals surface area (Å²) in [6.07, 6.45) is 4.29. The van der Waals surface area contributed by atoms with Crippen molar-refractivity contribution in [1.29, 1.82) is 10.5 Å². The van der Waals surface area contributed by atoms with Gasteiger partial charge in [-0.25, -0.2) is 14.8 Å². The van der Waals surface area contributed by atoms with Gasteiger partial charge in [0, 0.05) is 41.2 Å². The van der Waals surface area contributed by atoms with Crippen LogP contribution in [0.5, 0.6) is 0 Å². The van der Waals surface area contributed by atoms with Crippen molar-refractivity contribution in [2.75, 3.05) is 52.6 Å². The fraction of sp³-hybridized carbons (Fsp3) is 0.404. The highest BCUT2D eigenvalue weighted by molar-refractivity contribution is 5.96. The first-order chi connectivity index (χ1) is 33.2. The van der Waals surface area contributed by atoms with Gasteiger partial charge in [0.15, 0.2) is 0 Å². The molecule has 14 heteroatoms. The van der Waals surface area contributed by atoms with Crippen LogP contribution in [0.4, 0.5) is 0 Å². The molecule has 10 rings (SSSR count). The third-order valence-electron chi connectivity index (χ3n) is 14.2. The molecule has 0 aliphatic carbocycles. The summed E-state index contributed by atoms with van der Waals surface area (Å²) >= 11 is 0. The number of H-pyrrole nitrogens is 2. The Bertz CT molecular complexity index is 2890. The molecule has 4 aromatic carbocycles. The fourth-order valence-corrected chi connectivity index (χ4v) is 9.54. The van der Waals surface area contributed by atoms with Crippen LogP contribution in [0.3, 0.4) is 0 Å². The first-order valence-corrected chi connectivity index (χ1v) is 23.9. The van der Waals surface area contributed by atoms with E-state index >= 15 is 0 Å². The maximum absolute atomic E-state index is 13.4. The molecule has 1 amide bonds. The molecule has 0 radical (unpaired) electrons. The molecule has 0 bridgehead atoms. The van der Waals surface area contributed by atoms with Crippen LogP contribution in [0, 0.1) is 50.4 Å². The smallest absolute Gasteiger partial charge is 0.335 e. The highest BCUT2D eigenvalue weighted by atomic mass is 35.5. The van der Waals surface area contributed by atoms with Gasteiger partial charge in [0.2, 0.25) is 0 Å². The van der Waals surface area contributed by atoms with E-state index in [-0.39, 0.29) is 42.1 Å². The number of piperidine rings is 2. The zero-order chi connectivity index (χ0) is 48.9. The van der Waals surface area contributed by atoms with E-state index in [0.717, 1.165) is 101 Å². The molecule has 4 N–H and O–H groups in total. The number of likely N-dealkylation sites (tertiary alicyclic amines) is 1. The molecule has 13 nitrogen and oxygen atoms in total. The van der Waals surface area contributed by atoms with Crippen LogP contribution in [-0.4, -0.2) is 94.4 Å². The van der Waals surface area contributed by atoms with Gasteiger partial charge in [-0.05, 0) is 163 Å². The number of nitriles is 2. The molecule has 372 valence electrons. The summed E-state index contributed by atoms with van der Waals surface area (Å²) in [5.41, 5.74) is 12.6. The van der Waals surface area contributed by atoms with Crippen LogP contribution < -0.4 is 5.32 Å². The number of aromatic amines is 2. The zero-order valence-corrected chi connectivity index (χ0v) is 41.8. The van der Waals surface area contributed by atoms with E-state index in [1.54, 1.807) is 12.1 Å². The molecule has 6 heterocycles. The van der Waals surface area contributed by atoms with Crippen molar-refractivity contribution in [2.45, 2.75) is 97.3 Å². The number of carboxylic acids is 1. The van der Waals surface area contributed by atoms with Gasteiger partial charge in [0.1, 0.15) is 11.6 Å². The van der Waals surface area contributed by atoms with Crippen molar-refractivity contribution in [3.05, 3.63) is 152 Å². The Labute approximate surface area is 424 Å². The second-order valence-electron chi connectivity index (χ2n) is 19.6. The molecule has 0 spiro atoms. The number of aryl methyl sites for hydroxylation is 4. The molecule has 71 heavy (non-hydrogen) atoms. The van der Waals surface area contributed by atoms with Crippen LogP contribution in [0.2, 0.25) is 0 Å². The lowest BCUT2D eigenvalue weighted by Crippen LogP contribution is -2.44. The highest BCUT2D eigenvalue weighted by Crippen LogP contribution is 2.36. The molecule has 4 fully saturated rings. The first-order valence-electron chi connectivity index (χ1n) is 23.9. The number of ether oxygens (including phenoxy) is 2. The maximum atomic E-state index is 13.4.